The van der Waals surface area contributed by atoms with Gasteiger partial charge in [0.25, 0.3) is 15.9 Å². The van der Waals surface area contributed by atoms with Crippen LogP contribution < -0.4 is 4.72 Å². The SMILES string of the molecule is CNS(=O)(=O)c1ccc(C(=O)N2CCC[C@H]2c2ccccc2)o1. The van der Waals surface area contributed by atoms with E-state index in [1.807, 2.05) is 30.3 Å². The highest BCUT2D eigenvalue weighted by molar-refractivity contribution is 7.89. The maximum atomic E-state index is 12.7. The summed E-state index contributed by atoms with van der Waals surface area (Å²) in [5.41, 5.74) is 1.08. The standard InChI is InChI=1S/C16H18N2O4S/c1-17-23(20,21)15-10-9-14(22-15)16(19)18-11-5-8-13(18)12-6-3-2-4-7-12/h2-4,6-7,9-10,13,17H,5,8,11H2,1H3/t13-/m0/s1. The van der Waals surface area contributed by atoms with Crippen molar-refractivity contribution in [2.75, 3.05) is 13.6 Å². The molecule has 2 heterocycles. The Labute approximate surface area is 135 Å². The minimum atomic E-state index is -3.69. The minimum Gasteiger partial charge on any atom is -0.438 e. The number of sulfonamides is 1. The number of amides is 1. The number of rotatable bonds is 4. The molecule has 1 aromatic carbocycles. The van der Waals surface area contributed by atoms with E-state index in [2.05, 4.69) is 4.72 Å². The van der Waals surface area contributed by atoms with Gasteiger partial charge in [-0.05, 0) is 37.6 Å². The molecule has 1 saturated heterocycles. The van der Waals surface area contributed by atoms with E-state index in [-0.39, 0.29) is 22.8 Å². The van der Waals surface area contributed by atoms with Gasteiger partial charge < -0.3 is 9.32 Å². The van der Waals surface area contributed by atoms with Gasteiger partial charge in [0.15, 0.2) is 5.76 Å². The van der Waals surface area contributed by atoms with Gasteiger partial charge in [-0.3, -0.25) is 4.79 Å². The number of benzene rings is 1. The highest BCUT2D eigenvalue weighted by atomic mass is 32.2. The molecule has 0 unspecified atom stereocenters. The summed E-state index contributed by atoms with van der Waals surface area (Å²) in [5.74, 6) is -0.240. The van der Waals surface area contributed by atoms with Crippen molar-refractivity contribution in [2.45, 2.75) is 24.0 Å². The number of furan rings is 1. The molecule has 1 aliphatic heterocycles. The van der Waals surface area contributed by atoms with Crippen LogP contribution >= 0.6 is 0 Å². The van der Waals surface area contributed by atoms with Gasteiger partial charge in [-0.15, -0.1) is 0 Å². The smallest absolute Gasteiger partial charge is 0.290 e. The molecule has 1 N–H and O–H groups in total. The predicted molar refractivity (Wildman–Crippen MR) is 84.4 cm³/mol. The van der Waals surface area contributed by atoms with Crippen LogP contribution in [0, 0.1) is 0 Å². The third-order valence-corrected chi connectivity index (χ3v) is 5.31. The van der Waals surface area contributed by atoms with Crippen LogP contribution in [0.3, 0.4) is 0 Å². The first-order valence-electron chi connectivity index (χ1n) is 7.42. The Hall–Kier alpha value is -2.12. The van der Waals surface area contributed by atoms with Crippen molar-refractivity contribution in [3.05, 3.63) is 53.8 Å². The van der Waals surface area contributed by atoms with Gasteiger partial charge >= 0.3 is 0 Å². The van der Waals surface area contributed by atoms with Gasteiger partial charge in [0, 0.05) is 6.54 Å². The lowest BCUT2D eigenvalue weighted by Crippen LogP contribution is -2.30. The van der Waals surface area contributed by atoms with E-state index in [1.54, 1.807) is 4.90 Å². The zero-order valence-corrected chi connectivity index (χ0v) is 13.5. The summed E-state index contributed by atoms with van der Waals surface area (Å²) in [6, 6.07) is 12.5. The van der Waals surface area contributed by atoms with E-state index in [4.69, 9.17) is 4.42 Å². The van der Waals surface area contributed by atoms with Crippen LogP contribution in [-0.4, -0.2) is 32.8 Å². The average molecular weight is 334 g/mol. The molecule has 1 atom stereocenters. The number of nitrogens with one attached hydrogen (secondary N) is 1. The van der Waals surface area contributed by atoms with Gasteiger partial charge in [0.1, 0.15) is 0 Å². The number of hydrogen-bond donors (Lipinski definition) is 1. The predicted octanol–water partition coefficient (Wildman–Crippen LogP) is 2.17. The van der Waals surface area contributed by atoms with E-state index in [0.717, 1.165) is 18.4 Å². The minimum absolute atomic E-state index is 0.00171. The zero-order chi connectivity index (χ0) is 16.4. The lowest BCUT2D eigenvalue weighted by atomic mass is 10.0. The Kier molecular flexibility index (Phi) is 4.23. The molecule has 0 bridgehead atoms. The van der Waals surface area contributed by atoms with Crippen LogP contribution in [0.4, 0.5) is 0 Å². The molecule has 0 spiro atoms. The summed E-state index contributed by atoms with van der Waals surface area (Å²) in [7, 11) is -2.39. The van der Waals surface area contributed by atoms with Gasteiger partial charge in [-0.25, -0.2) is 13.1 Å². The molecular weight excluding hydrogens is 316 g/mol. The highest BCUT2D eigenvalue weighted by Gasteiger charge is 2.32. The molecule has 1 aliphatic rings. The monoisotopic (exact) mass is 334 g/mol. The Morgan fingerprint density at radius 3 is 2.65 bits per heavy atom. The first-order valence-corrected chi connectivity index (χ1v) is 8.90. The molecule has 23 heavy (non-hydrogen) atoms. The van der Waals surface area contributed by atoms with E-state index in [1.165, 1.54) is 19.2 Å². The molecule has 1 aromatic heterocycles. The summed E-state index contributed by atoms with van der Waals surface area (Å²) >= 11 is 0. The van der Waals surface area contributed by atoms with Crippen LogP contribution in [-0.2, 0) is 10.0 Å². The van der Waals surface area contributed by atoms with Gasteiger partial charge in [0.2, 0.25) is 5.09 Å². The lowest BCUT2D eigenvalue weighted by molar-refractivity contribution is 0.0697. The van der Waals surface area contributed by atoms with Crippen molar-refractivity contribution in [1.29, 1.82) is 0 Å². The molecule has 2 aromatic rings. The summed E-state index contributed by atoms with van der Waals surface area (Å²) < 4.78 is 30.9. The second kappa shape index (κ2) is 6.17. The molecule has 1 fully saturated rings. The fourth-order valence-electron chi connectivity index (χ4n) is 2.85. The maximum Gasteiger partial charge on any atom is 0.290 e. The van der Waals surface area contributed by atoms with E-state index in [0.29, 0.717) is 6.54 Å². The van der Waals surface area contributed by atoms with Crippen molar-refractivity contribution in [2.24, 2.45) is 0 Å². The summed E-state index contributed by atoms with van der Waals surface area (Å²) in [6.07, 6.45) is 1.80. The van der Waals surface area contributed by atoms with Crippen LogP contribution in [0.1, 0.15) is 35.0 Å². The molecule has 7 heteroatoms. The van der Waals surface area contributed by atoms with Gasteiger partial charge in [-0.1, -0.05) is 30.3 Å². The first kappa shape index (κ1) is 15.8. The Balaban J connectivity index is 1.85. The van der Waals surface area contributed by atoms with Crippen molar-refractivity contribution >= 4 is 15.9 Å². The number of likely N-dealkylation sites (tertiary alicyclic amines) is 1. The number of hydrogen-bond acceptors (Lipinski definition) is 4. The second-order valence-corrected chi connectivity index (χ2v) is 7.21. The number of carbonyl (C=O) groups is 1. The van der Waals surface area contributed by atoms with Crippen LogP contribution in [0.25, 0.3) is 0 Å². The van der Waals surface area contributed by atoms with Crippen molar-refractivity contribution in [3.63, 3.8) is 0 Å². The molecule has 0 radical (unpaired) electrons. The first-order chi connectivity index (χ1) is 11.0. The molecule has 122 valence electrons. The fraction of sp³-hybridized carbons (Fsp3) is 0.312. The van der Waals surface area contributed by atoms with E-state index < -0.39 is 10.0 Å². The third kappa shape index (κ3) is 3.02. The normalized spacial score (nSPS) is 18.3. The van der Waals surface area contributed by atoms with E-state index in [9.17, 15) is 13.2 Å². The fourth-order valence-corrected chi connectivity index (χ4v) is 3.50. The van der Waals surface area contributed by atoms with Crippen LogP contribution in [0.2, 0.25) is 0 Å². The third-order valence-electron chi connectivity index (χ3n) is 4.02. The summed E-state index contributed by atoms with van der Waals surface area (Å²) in [5, 5.41) is -0.251. The summed E-state index contributed by atoms with van der Waals surface area (Å²) in [6.45, 7) is 0.632. The number of nitrogens with zero attached hydrogens (tertiary/aromatic N) is 1. The van der Waals surface area contributed by atoms with E-state index >= 15 is 0 Å². The Bertz CT molecular complexity index is 798. The summed E-state index contributed by atoms with van der Waals surface area (Å²) in [4.78, 5) is 14.4. The zero-order valence-electron chi connectivity index (χ0n) is 12.7. The van der Waals surface area contributed by atoms with Gasteiger partial charge in [0.05, 0.1) is 6.04 Å². The van der Waals surface area contributed by atoms with Crippen molar-refractivity contribution < 1.29 is 17.6 Å². The topological polar surface area (TPSA) is 79.6 Å². The molecular formula is C16H18N2O4S. The van der Waals surface area contributed by atoms with Crippen LogP contribution in [0.15, 0.2) is 52.0 Å². The average Bonchev–Trinajstić information content (AvgIpc) is 3.24. The maximum absolute atomic E-state index is 12.7. The molecule has 0 saturated carbocycles. The largest absolute Gasteiger partial charge is 0.438 e. The Morgan fingerprint density at radius 1 is 1.22 bits per heavy atom. The molecule has 0 aliphatic carbocycles. The second-order valence-electron chi connectivity index (χ2n) is 5.39. The Morgan fingerprint density at radius 2 is 1.96 bits per heavy atom. The molecule has 1 amide bonds. The van der Waals surface area contributed by atoms with Gasteiger partial charge in [-0.2, -0.15) is 0 Å². The number of carbonyl (C=O) groups excluding carboxylic acids is 1. The quantitative estimate of drug-likeness (QED) is 0.929. The van der Waals surface area contributed by atoms with Crippen molar-refractivity contribution in [1.82, 2.24) is 9.62 Å². The highest BCUT2D eigenvalue weighted by Crippen LogP contribution is 2.33. The van der Waals surface area contributed by atoms with Crippen molar-refractivity contribution in [3.8, 4) is 0 Å². The lowest BCUT2D eigenvalue weighted by Gasteiger charge is -2.24. The molecule has 3 rings (SSSR count). The van der Waals surface area contributed by atoms with Crippen LogP contribution in [0.5, 0.6) is 0 Å². The molecule has 6 nitrogen and oxygen atoms in total.